The number of carbonyl (C=O) groups excluding carboxylic acids is 4. The van der Waals surface area contributed by atoms with Gasteiger partial charge < -0.3 is 34.0 Å². The van der Waals surface area contributed by atoms with E-state index in [9.17, 15) is 23.6 Å². The van der Waals surface area contributed by atoms with Crippen molar-refractivity contribution in [1.82, 2.24) is 19.5 Å². The molecular formula is C27H36FN5O9. The molecule has 0 saturated heterocycles. The van der Waals surface area contributed by atoms with E-state index in [-0.39, 0.29) is 62.6 Å². The van der Waals surface area contributed by atoms with Crippen LogP contribution in [0.2, 0.25) is 0 Å². The van der Waals surface area contributed by atoms with Gasteiger partial charge in [0, 0.05) is 20.1 Å². The number of imidazole rings is 1. The number of esters is 4. The largest absolute Gasteiger partial charge is 0.461 e. The second kappa shape index (κ2) is 15.6. The molecule has 2 rings (SSSR count). The number of halogens is 1. The average molecular weight is 594 g/mol. The molecular weight excluding hydrogens is 557 g/mol. The van der Waals surface area contributed by atoms with Crippen molar-refractivity contribution in [2.75, 3.05) is 32.7 Å². The summed E-state index contributed by atoms with van der Waals surface area (Å²) in [6, 6.07) is 0. The quantitative estimate of drug-likeness (QED) is 0.128. The molecule has 0 aromatic carbocycles. The molecule has 230 valence electrons. The van der Waals surface area contributed by atoms with Gasteiger partial charge in [-0.3, -0.25) is 19.2 Å². The van der Waals surface area contributed by atoms with Gasteiger partial charge in [0.1, 0.15) is 25.3 Å². The van der Waals surface area contributed by atoms with Gasteiger partial charge in [-0.05, 0) is 0 Å². The number of nitrogens with zero attached hydrogens (tertiary/aromatic N) is 4. The van der Waals surface area contributed by atoms with Gasteiger partial charge in [0.25, 0.3) is 0 Å². The molecule has 2 aromatic rings. The van der Waals surface area contributed by atoms with Gasteiger partial charge in [-0.2, -0.15) is 14.4 Å². The summed E-state index contributed by atoms with van der Waals surface area (Å²) in [4.78, 5) is 59.6. The van der Waals surface area contributed by atoms with Crippen LogP contribution in [0.15, 0.2) is 6.33 Å². The molecule has 0 amide bonds. The molecule has 15 heteroatoms. The SMILES string of the molecule is C#C[C@](CCn1cnc2c(N)nc(F)nc21)(COC(=O)CCC(=O)OC(COC(=O)C(C)C)COC(=O)C(C)C)OC. The second-order valence-corrected chi connectivity index (χ2v) is 9.92. The van der Waals surface area contributed by atoms with Crippen molar-refractivity contribution in [3.63, 3.8) is 0 Å². The number of ether oxygens (including phenoxy) is 5. The first-order chi connectivity index (χ1) is 19.8. The van der Waals surface area contributed by atoms with Gasteiger partial charge >= 0.3 is 30.0 Å². The first-order valence-corrected chi connectivity index (χ1v) is 13.2. The standard InChI is InChI=1S/C27H36FN5O9/c1-7-27(38-6,10-11-33-15-30-21-22(29)31-26(28)32-23(21)33)14-41-19(34)8-9-20(35)42-18(12-39-24(36)16(2)3)13-40-25(37)17(4)5/h1,15-18H,8-14H2,2-6H3,(H2,29,31,32)/t27-/m0/s1. The Morgan fingerprint density at radius 3 is 2.17 bits per heavy atom. The van der Waals surface area contributed by atoms with Gasteiger partial charge in [0.2, 0.25) is 0 Å². The molecule has 14 nitrogen and oxygen atoms in total. The summed E-state index contributed by atoms with van der Waals surface area (Å²) in [6.45, 7) is 5.72. The first-order valence-electron chi connectivity index (χ1n) is 13.2. The summed E-state index contributed by atoms with van der Waals surface area (Å²) >= 11 is 0. The topological polar surface area (TPSA) is 184 Å². The van der Waals surface area contributed by atoms with Gasteiger partial charge in [-0.1, -0.05) is 33.6 Å². The maximum atomic E-state index is 13.6. The van der Waals surface area contributed by atoms with Crippen LogP contribution in [0.5, 0.6) is 0 Å². The summed E-state index contributed by atoms with van der Waals surface area (Å²) in [6.07, 6.45) is 4.40. The van der Waals surface area contributed by atoms with Gasteiger partial charge in [-0.25, -0.2) is 4.98 Å². The summed E-state index contributed by atoms with van der Waals surface area (Å²) in [7, 11) is 1.34. The van der Waals surface area contributed by atoms with Gasteiger partial charge in [0.15, 0.2) is 23.2 Å². The third-order valence-electron chi connectivity index (χ3n) is 5.94. The number of nitrogen functional groups attached to an aromatic ring is 1. The van der Waals surface area contributed by atoms with E-state index in [1.54, 1.807) is 27.7 Å². The fourth-order valence-electron chi connectivity index (χ4n) is 3.33. The minimum Gasteiger partial charge on any atom is -0.461 e. The highest BCUT2D eigenvalue weighted by molar-refractivity contribution is 5.81. The van der Waals surface area contributed by atoms with Crippen LogP contribution in [0, 0.1) is 30.3 Å². The lowest BCUT2D eigenvalue weighted by atomic mass is 10.0. The summed E-state index contributed by atoms with van der Waals surface area (Å²) < 4.78 is 41.3. The molecule has 0 aliphatic heterocycles. The Morgan fingerprint density at radius 1 is 1.02 bits per heavy atom. The van der Waals surface area contributed by atoms with E-state index in [1.165, 1.54) is 18.0 Å². The Kier molecular flexibility index (Phi) is 12.6. The van der Waals surface area contributed by atoms with Crippen molar-refractivity contribution in [1.29, 1.82) is 0 Å². The maximum absolute atomic E-state index is 13.6. The Labute approximate surface area is 242 Å². The number of carbonyl (C=O) groups is 4. The van der Waals surface area contributed by atoms with Crippen molar-refractivity contribution < 1.29 is 47.3 Å². The number of anilines is 1. The fraction of sp³-hybridized carbons (Fsp3) is 0.593. The van der Waals surface area contributed by atoms with Crippen LogP contribution in [-0.2, 0) is 49.4 Å². The summed E-state index contributed by atoms with van der Waals surface area (Å²) in [5.41, 5.74) is 4.71. The molecule has 1 atom stereocenters. The molecule has 0 fully saturated rings. The zero-order valence-electron chi connectivity index (χ0n) is 24.3. The van der Waals surface area contributed by atoms with Crippen molar-refractivity contribution in [3.05, 3.63) is 12.4 Å². The molecule has 42 heavy (non-hydrogen) atoms. The van der Waals surface area contributed by atoms with Crippen molar-refractivity contribution in [2.24, 2.45) is 11.8 Å². The molecule has 0 spiro atoms. The third-order valence-corrected chi connectivity index (χ3v) is 5.94. The number of methoxy groups -OCH3 is 1. The molecule has 0 aliphatic carbocycles. The highest BCUT2D eigenvalue weighted by Gasteiger charge is 2.30. The monoisotopic (exact) mass is 593 g/mol. The Balaban J connectivity index is 1.90. The summed E-state index contributed by atoms with van der Waals surface area (Å²) in [5.74, 6) is -1.06. The third kappa shape index (κ3) is 9.95. The number of aromatic nitrogens is 4. The highest BCUT2D eigenvalue weighted by Crippen LogP contribution is 2.21. The molecule has 0 saturated carbocycles. The number of hydrogen-bond acceptors (Lipinski definition) is 13. The van der Waals surface area contributed by atoms with Gasteiger partial charge in [-0.15, -0.1) is 6.42 Å². The molecule has 0 bridgehead atoms. The first kappa shape index (κ1) is 33.9. The minimum atomic E-state index is -1.35. The fourth-order valence-corrected chi connectivity index (χ4v) is 3.33. The number of nitrogens with two attached hydrogens (primary N) is 1. The zero-order chi connectivity index (χ0) is 31.4. The summed E-state index contributed by atoms with van der Waals surface area (Å²) in [5, 5.41) is 0. The van der Waals surface area contributed by atoms with Crippen LogP contribution in [0.25, 0.3) is 11.2 Å². The molecule has 0 radical (unpaired) electrons. The molecule has 2 aromatic heterocycles. The number of terminal acetylenes is 1. The van der Waals surface area contributed by atoms with E-state index in [2.05, 4.69) is 20.9 Å². The van der Waals surface area contributed by atoms with Crippen LogP contribution in [0.4, 0.5) is 10.2 Å². The molecule has 0 unspecified atom stereocenters. The lowest BCUT2D eigenvalue weighted by Gasteiger charge is -2.26. The maximum Gasteiger partial charge on any atom is 0.312 e. The lowest BCUT2D eigenvalue weighted by Crippen LogP contribution is -2.37. The smallest absolute Gasteiger partial charge is 0.312 e. The lowest BCUT2D eigenvalue weighted by molar-refractivity contribution is -0.169. The Bertz CT molecular complexity index is 1280. The van der Waals surface area contributed by atoms with E-state index in [1.807, 2.05) is 0 Å². The van der Waals surface area contributed by atoms with Crippen LogP contribution in [0.1, 0.15) is 47.0 Å². The van der Waals surface area contributed by atoms with Gasteiger partial charge in [0.05, 0.1) is 31.0 Å². The van der Waals surface area contributed by atoms with E-state index in [0.29, 0.717) is 0 Å². The van der Waals surface area contributed by atoms with E-state index < -0.39 is 53.5 Å². The average Bonchev–Trinajstić information content (AvgIpc) is 3.36. The Morgan fingerprint density at radius 2 is 1.62 bits per heavy atom. The minimum absolute atomic E-state index is 0.113. The molecule has 0 aliphatic rings. The molecule has 2 N–H and O–H groups in total. The predicted octanol–water partition coefficient (Wildman–Crippen LogP) is 1.59. The zero-order valence-corrected chi connectivity index (χ0v) is 24.3. The number of rotatable bonds is 16. The predicted molar refractivity (Wildman–Crippen MR) is 145 cm³/mol. The van der Waals surface area contributed by atoms with E-state index in [0.717, 1.165) is 0 Å². The van der Waals surface area contributed by atoms with Crippen LogP contribution in [-0.4, -0.2) is 82.0 Å². The highest BCUT2D eigenvalue weighted by atomic mass is 19.1. The number of hydrogen-bond donors (Lipinski definition) is 1. The van der Waals surface area contributed by atoms with Crippen molar-refractivity contribution in [2.45, 2.75) is 65.2 Å². The van der Waals surface area contributed by atoms with Crippen molar-refractivity contribution in [3.8, 4) is 12.3 Å². The number of aryl methyl sites for hydroxylation is 1. The van der Waals surface area contributed by atoms with E-state index in [4.69, 9.17) is 35.8 Å². The van der Waals surface area contributed by atoms with Crippen LogP contribution < -0.4 is 5.73 Å². The normalized spacial score (nSPS) is 12.7. The van der Waals surface area contributed by atoms with E-state index >= 15 is 0 Å². The Hall–Kier alpha value is -4.32. The number of fused-ring (bicyclic) bond motifs is 1. The molecule has 2 heterocycles. The van der Waals surface area contributed by atoms with Crippen LogP contribution in [0.3, 0.4) is 0 Å². The van der Waals surface area contributed by atoms with Crippen molar-refractivity contribution >= 4 is 40.9 Å². The van der Waals surface area contributed by atoms with Crippen LogP contribution >= 0.6 is 0 Å². The second-order valence-electron chi connectivity index (χ2n) is 9.92.